The molecule has 0 aliphatic carbocycles. The van der Waals surface area contributed by atoms with E-state index < -0.39 is 0 Å². The fourth-order valence-electron chi connectivity index (χ4n) is 1.81. The molecule has 1 aromatic heterocycles. The van der Waals surface area contributed by atoms with Crippen molar-refractivity contribution in [2.45, 2.75) is 32.6 Å². The summed E-state index contributed by atoms with van der Waals surface area (Å²) < 4.78 is 0. The normalized spacial score (nSPS) is 10.4. The minimum Gasteiger partial charge on any atom is -0.370 e. The highest BCUT2D eigenvalue weighted by atomic mass is 35.5. The Balaban J connectivity index is 2.45. The summed E-state index contributed by atoms with van der Waals surface area (Å²) >= 11 is 7.91. The van der Waals surface area contributed by atoms with Gasteiger partial charge in [-0.15, -0.1) is 0 Å². The molecular formula is C15H24ClN3OS. The van der Waals surface area contributed by atoms with Crippen LogP contribution >= 0.6 is 23.4 Å². The molecule has 2 N–H and O–H groups in total. The summed E-state index contributed by atoms with van der Waals surface area (Å²) in [4.78, 5) is 16.3. The SMILES string of the molecule is CCCNc1cc(C(=O)NCCCCCSC)c(Cl)cn1. The standard InChI is InChI=1S/C15H24ClN3OS/c1-3-7-17-14-10-12(13(16)11-19-14)15(20)18-8-5-4-6-9-21-2/h10-11H,3-9H2,1-2H3,(H,17,19)(H,18,20). The number of amides is 1. The highest BCUT2D eigenvalue weighted by molar-refractivity contribution is 7.98. The topological polar surface area (TPSA) is 54.0 Å². The summed E-state index contributed by atoms with van der Waals surface area (Å²) in [6, 6.07) is 1.71. The number of hydrogen-bond acceptors (Lipinski definition) is 4. The van der Waals surface area contributed by atoms with E-state index in [4.69, 9.17) is 11.6 Å². The van der Waals surface area contributed by atoms with Gasteiger partial charge in [0.15, 0.2) is 0 Å². The molecule has 0 saturated carbocycles. The van der Waals surface area contributed by atoms with E-state index in [-0.39, 0.29) is 5.91 Å². The van der Waals surface area contributed by atoms with Gasteiger partial charge in [0, 0.05) is 19.3 Å². The summed E-state index contributed by atoms with van der Waals surface area (Å²) in [6.45, 7) is 3.59. The smallest absolute Gasteiger partial charge is 0.252 e. The van der Waals surface area contributed by atoms with Crippen LogP contribution in [0.25, 0.3) is 0 Å². The number of carbonyl (C=O) groups is 1. The number of hydrogen-bond donors (Lipinski definition) is 2. The molecule has 0 fully saturated rings. The number of carbonyl (C=O) groups excluding carboxylic acids is 1. The summed E-state index contributed by atoms with van der Waals surface area (Å²) in [5, 5.41) is 6.46. The van der Waals surface area contributed by atoms with Gasteiger partial charge in [0.25, 0.3) is 5.91 Å². The van der Waals surface area contributed by atoms with E-state index in [1.165, 1.54) is 18.4 Å². The molecule has 0 aliphatic rings. The van der Waals surface area contributed by atoms with Gasteiger partial charge < -0.3 is 10.6 Å². The molecule has 1 amide bonds. The van der Waals surface area contributed by atoms with Crippen molar-refractivity contribution in [2.75, 3.05) is 30.4 Å². The van der Waals surface area contributed by atoms with Gasteiger partial charge in [-0.2, -0.15) is 11.8 Å². The van der Waals surface area contributed by atoms with Gasteiger partial charge in [-0.3, -0.25) is 4.79 Å². The van der Waals surface area contributed by atoms with Crippen LogP contribution in [0.15, 0.2) is 12.3 Å². The third-order valence-corrected chi connectivity index (χ3v) is 3.96. The van der Waals surface area contributed by atoms with Crippen LogP contribution in [0.2, 0.25) is 5.02 Å². The fourth-order valence-corrected chi connectivity index (χ4v) is 2.49. The van der Waals surface area contributed by atoms with E-state index in [0.717, 1.165) is 25.8 Å². The first-order valence-electron chi connectivity index (χ1n) is 7.35. The molecule has 0 saturated heterocycles. The van der Waals surface area contributed by atoms with E-state index in [1.807, 2.05) is 11.8 Å². The van der Waals surface area contributed by atoms with E-state index >= 15 is 0 Å². The molecule has 0 radical (unpaired) electrons. The lowest BCUT2D eigenvalue weighted by molar-refractivity contribution is 0.0953. The molecule has 1 heterocycles. The summed E-state index contributed by atoms with van der Waals surface area (Å²) in [5.74, 6) is 1.73. The third kappa shape index (κ3) is 7.05. The Labute approximate surface area is 136 Å². The van der Waals surface area contributed by atoms with Crippen LogP contribution in [-0.2, 0) is 0 Å². The number of anilines is 1. The van der Waals surface area contributed by atoms with E-state index in [2.05, 4.69) is 28.8 Å². The molecule has 6 heteroatoms. The van der Waals surface area contributed by atoms with Crippen LogP contribution in [0.1, 0.15) is 43.0 Å². The average Bonchev–Trinajstić information content (AvgIpc) is 2.49. The molecule has 118 valence electrons. The van der Waals surface area contributed by atoms with Gasteiger partial charge in [-0.25, -0.2) is 4.98 Å². The first-order valence-corrected chi connectivity index (χ1v) is 9.12. The molecule has 0 aliphatic heterocycles. The number of nitrogens with one attached hydrogen (secondary N) is 2. The van der Waals surface area contributed by atoms with Crippen LogP contribution in [0.3, 0.4) is 0 Å². The Morgan fingerprint density at radius 2 is 2.14 bits per heavy atom. The molecule has 0 bridgehead atoms. The zero-order chi connectivity index (χ0) is 15.5. The van der Waals surface area contributed by atoms with Gasteiger partial charge in [-0.05, 0) is 37.3 Å². The molecule has 1 rings (SSSR count). The van der Waals surface area contributed by atoms with Crippen molar-refractivity contribution in [2.24, 2.45) is 0 Å². The first kappa shape index (κ1) is 18.1. The monoisotopic (exact) mass is 329 g/mol. The molecule has 0 spiro atoms. The van der Waals surface area contributed by atoms with Crippen LogP contribution in [0.5, 0.6) is 0 Å². The summed E-state index contributed by atoms with van der Waals surface area (Å²) in [6.07, 6.45) is 7.95. The minimum atomic E-state index is -0.133. The fraction of sp³-hybridized carbons (Fsp3) is 0.600. The maximum Gasteiger partial charge on any atom is 0.252 e. The second-order valence-electron chi connectivity index (χ2n) is 4.79. The molecule has 0 atom stereocenters. The number of rotatable bonds is 10. The Hall–Kier alpha value is -0.940. The molecule has 21 heavy (non-hydrogen) atoms. The number of thioether (sulfide) groups is 1. The Morgan fingerprint density at radius 3 is 2.86 bits per heavy atom. The van der Waals surface area contributed by atoms with Gasteiger partial charge in [0.05, 0.1) is 10.6 Å². The first-order chi connectivity index (χ1) is 10.2. The van der Waals surface area contributed by atoms with Crippen LogP contribution in [-0.4, -0.2) is 36.0 Å². The Kier molecular flexibility index (Phi) is 9.26. The molecular weight excluding hydrogens is 306 g/mol. The van der Waals surface area contributed by atoms with Crippen LogP contribution in [0.4, 0.5) is 5.82 Å². The second-order valence-corrected chi connectivity index (χ2v) is 6.18. The zero-order valence-corrected chi connectivity index (χ0v) is 14.3. The Morgan fingerprint density at radius 1 is 1.33 bits per heavy atom. The average molecular weight is 330 g/mol. The molecule has 0 unspecified atom stereocenters. The number of halogens is 1. The molecule has 1 aromatic rings. The number of aromatic nitrogens is 1. The van der Waals surface area contributed by atoms with Crippen molar-refractivity contribution in [3.05, 3.63) is 22.8 Å². The largest absolute Gasteiger partial charge is 0.370 e. The van der Waals surface area contributed by atoms with E-state index in [0.29, 0.717) is 22.9 Å². The van der Waals surface area contributed by atoms with Crippen molar-refractivity contribution >= 4 is 35.1 Å². The molecule has 4 nitrogen and oxygen atoms in total. The van der Waals surface area contributed by atoms with Crippen LogP contribution in [0, 0.1) is 0 Å². The second kappa shape index (κ2) is 10.7. The maximum absolute atomic E-state index is 12.1. The Bertz CT molecular complexity index is 443. The summed E-state index contributed by atoms with van der Waals surface area (Å²) in [5.41, 5.74) is 0.481. The maximum atomic E-state index is 12.1. The minimum absolute atomic E-state index is 0.133. The van der Waals surface area contributed by atoms with Crippen molar-refractivity contribution in [3.8, 4) is 0 Å². The number of nitrogens with zero attached hydrogens (tertiary/aromatic N) is 1. The van der Waals surface area contributed by atoms with E-state index in [9.17, 15) is 4.79 Å². The van der Waals surface area contributed by atoms with Gasteiger partial charge >= 0.3 is 0 Å². The predicted molar refractivity (Wildman–Crippen MR) is 92.6 cm³/mol. The lowest BCUT2D eigenvalue weighted by Crippen LogP contribution is -2.25. The van der Waals surface area contributed by atoms with Gasteiger partial charge in [-0.1, -0.05) is 24.9 Å². The van der Waals surface area contributed by atoms with Crippen molar-refractivity contribution in [1.82, 2.24) is 10.3 Å². The summed E-state index contributed by atoms with van der Waals surface area (Å²) in [7, 11) is 0. The van der Waals surface area contributed by atoms with Crippen molar-refractivity contribution < 1.29 is 4.79 Å². The quantitative estimate of drug-likeness (QED) is 0.641. The van der Waals surface area contributed by atoms with Gasteiger partial charge in [0.2, 0.25) is 0 Å². The van der Waals surface area contributed by atoms with Gasteiger partial charge in [0.1, 0.15) is 5.82 Å². The number of unbranched alkanes of at least 4 members (excludes halogenated alkanes) is 2. The van der Waals surface area contributed by atoms with Crippen molar-refractivity contribution in [1.29, 1.82) is 0 Å². The lowest BCUT2D eigenvalue weighted by atomic mass is 10.2. The highest BCUT2D eigenvalue weighted by Gasteiger charge is 2.11. The third-order valence-electron chi connectivity index (χ3n) is 2.97. The van der Waals surface area contributed by atoms with E-state index in [1.54, 1.807) is 6.07 Å². The number of pyridine rings is 1. The van der Waals surface area contributed by atoms with Crippen molar-refractivity contribution in [3.63, 3.8) is 0 Å². The van der Waals surface area contributed by atoms with Crippen LogP contribution < -0.4 is 10.6 Å². The lowest BCUT2D eigenvalue weighted by Gasteiger charge is -2.09. The zero-order valence-electron chi connectivity index (χ0n) is 12.7. The molecule has 0 aromatic carbocycles. The highest BCUT2D eigenvalue weighted by Crippen LogP contribution is 2.18. The predicted octanol–water partition coefficient (Wildman–Crippen LogP) is 3.82.